The molecule has 5 amide bonds. The van der Waals surface area contributed by atoms with E-state index in [9.17, 15) is 29.1 Å². The number of imide groups is 2. The summed E-state index contributed by atoms with van der Waals surface area (Å²) >= 11 is 0. The molecule has 15 heteroatoms. The number of hydrazine groups is 1. The van der Waals surface area contributed by atoms with E-state index in [1.165, 1.54) is 17.5 Å². The minimum atomic E-state index is -1.04. The number of carbonyl (C=O) groups excluding carboxylic acids is 5. The maximum Gasteiger partial charge on any atom is 0.270 e. The van der Waals surface area contributed by atoms with E-state index in [1.807, 2.05) is 17.1 Å². The van der Waals surface area contributed by atoms with E-state index >= 15 is 0 Å². The van der Waals surface area contributed by atoms with Crippen LogP contribution in [-0.2, 0) is 22.6 Å². The van der Waals surface area contributed by atoms with Gasteiger partial charge in [-0.15, -0.1) is 0 Å². The number of nitrogens with one attached hydrogen (secondary N) is 4. The number of piperidine rings is 1. The maximum atomic E-state index is 13.4. The number of rotatable bonds is 10. The van der Waals surface area contributed by atoms with Crippen LogP contribution < -0.4 is 21.4 Å². The Morgan fingerprint density at radius 1 is 1.00 bits per heavy atom. The lowest BCUT2D eigenvalue weighted by molar-refractivity contribution is -0.136. The van der Waals surface area contributed by atoms with Gasteiger partial charge in [0.2, 0.25) is 11.8 Å². The largest absolute Gasteiger partial charge is 0.390 e. The molecule has 2 fully saturated rings. The first kappa shape index (κ1) is 31.4. The van der Waals surface area contributed by atoms with Crippen LogP contribution in [0.3, 0.4) is 0 Å². The normalized spacial score (nSPS) is 20.4. The van der Waals surface area contributed by atoms with E-state index in [0.29, 0.717) is 31.1 Å². The van der Waals surface area contributed by atoms with Crippen molar-refractivity contribution >= 4 is 41.0 Å². The van der Waals surface area contributed by atoms with Crippen molar-refractivity contribution in [3.63, 3.8) is 0 Å². The van der Waals surface area contributed by atoms with Crippen LogP contribution in [0.2, 0.25) is 0 Å². The highest BCUT2D eigenvalue weighted by Gasteiger charge is 2.46. The van der Waals surface area contributed by atoms with E-state index < -0.39 is 41.7 Å². The highest BCUT2D eigenvalue weighted by Crippen LogP contribution is 2.33. The van der Waals surface area contributed by atoms with Crippen LogP contribution in [0.5, 0.6) is 0 Å². The molecule has 3 aromatic rings. The molecule has 0 saturated carbocycles. The fourth-order valence-electron chi connectivity index (χ4n) is 6.58. The number of hydrogen-bond acceptors (Lipinski definition) is 12. The summed E-state index contributed by atoms with van der Waals surface area (Å²) in [7, 11) is 0. The summed E-state index contributed by atoms with van der Waals surface area (Å²) in [5.74, 6) is -2.18. The van der Waals surface area contributed by atoms with Gasteiger partial charge in [0.25, 0.3) is 17.7 Å². The Morgan fingerprint density at radius 2 is 1.81 bits per heavy atom. The zero-order valence-corrected chi connectivity index (χ0v) is 26.0. The lowest BCUT2D eigenvalue weighted by atomic mass is 10.00. The summed E-state index contributed by atoms with van der Waals surface area (Å²) in [6.45, 7) is 3.19. The molecule has 0 radical (unpaired) electrons. The molecule has 48 heavy (non-hydrogen) atoms. The van der Waals surface area contributed by atoms with Crippen molar-refractivity contribution in [2.24, 2.45) is 0 Å². The van der Waals surface area contributed by atoms with Gasteiger partial charge in [0.05, 0.1) is 29.0 Å². The average molecular weight is 654 g/mol. The standard InChI is InChI=1S/C33H35N9O6/c43-22(17-40-11-10-19-4-1-2-5-20(19)14-40)13-34-30(45)25-12-27(36-18-35-25)37-21-15-41(16-21)39-24-7-3-6-23-29(24)33(48)42(32(23)47)26-8-9-28(44)38-31(26)46/h1-7,12,18,21-22,26,39,43H,8-11,13-17H2,(H,34,45)(H,35,36,37)(H,38,44,46)/t22-,26?/m0/s1. The van der Waals surface area contributed by atoms with Gasteiger partial charge in [-0.1, -0.05) is 30.3 Å². The maximum absolute atomic E-state index is 13.4. The van der Waals surface area contributed by atoms with Crippen LogP contribution in [0, 0.1) is 0 Å². The lowest BCUT2D eigenvalue weighted by Gasteiger charge is -2.40. The number of nitrogens with zero attached hydrogens (tertiary/aromatic N) is 5. The third kappa shape index (κ3) is 6.34. The molecule has 0 spiro atoms. The second-order valence-electron chi connectivity index (χ2n) is 12.4. The number of anilines is 2. The number of β-amino-alcohol motifs (C(OH)–C–C–N with tert-alkyl or cyclic N) is 1. The predicted molar refractivity (Wildman–Crippen MR) is 172 cm³/mol. The number of amides is 5. The Hall–Kier alpha value is -5.25. The van der Waals surface area contributed by atoms with Crippen LogP contribution in [-0.4, -0.2) is 110 Å². The molecule has 248 valence electrons. The summed E-state index contributed by atoms with van der Waals surface area (Å²) in [4.78, 5) is 74.7. The lowest BCUT2D eigenvalue weighted by Crippen LogP contribution is -2.57. The Labute approximate surface area is 275 Å². The summed E-state index contributed by atoms with van der Waals surface area (Å²) in [6, 6.07) is 13.7. The molecule has 5 N–H and O–H groups in total. The smallest absolute Gasteiger partial charge is 0.270 e. The minimum Gasteiger partial charge on any atom is -0.390 e. The molecule has 2 saturated heterocycles. The van der Waals surface area contributed by atoms with Crippen molar-refractivity contribution in [1.29, 1.82) is 0 Å². The zero-order valence-electron chi connectivity index (χ0n) is 26.0. The van der Waals surface area contributed by atoms with Crippen molar-refractivity contribution in [1.82, 2.24) is 35.4 Å². The van der Waals surface area contributed by atoms with Gasteiger partial charge >= 0.3 is 0 Å². The van der Waals surface area contributed by atoms with E-state index in [1.54, 1.807) is 24.3 Å². The van der Waals surface area contributed by atoms with E-state index in [2.05, 4.69) is 48.4 Å². The molecule has 0 aliphatic carbocycles. The first-order valence-electron chi connectivity index (χ1n) is 15.9. The van der Waals surface area contributed by atoms with Gasteiger partial charge in [0.15, 0.2) is 0 Å². The molecule has 2 atom stereocenters. The molecular weight excluding hydrogens is 618 g/mol. The van der Waals surface area contributed by atoms with E-state index in [0.717, 1.165) is 24.4 Å². The summed E-state index contributed by atoms with van der Waals surface area (Å²) in [5.41, 5.74) is 6.78. The van der Waals surface area contributed by atoms with Gasteiger partial charge in [0.1, 0.15) is 23.9 Å². The highest BCUT2D eigenvalue weighted by molar-refractivity contribution is 6.25. The second kappa shape index (κ2) is 13.1. The van der Waals surface area contributed by atoms with Crippen molar-refractivity contribution < 1.29 is 29.1 Å². The van der Waals surface area contributed by atoms with Gasteiger partial charge in [-0.3, -0.25) is 39.1 Å². The molecule has 0 bridgehead atoms. The SMILES string of the molecule is O=C1CCC(N2C(=O)c3cccc(NN4CC(Nc5cc(C(=O)NC[C@H](O)CN6CCc7ccccc7C6)ncn5)C4)c3C2=O)C(=O)N1. The molecule has 2 aromatic carbocycles. The number of fused-ring (bicyclic) bond motifs is 2. The van der Waals surface area contributed by atoms with Gasteiger partial charge in [-0.2, -0.15) is 0 Å². The average Bonchev–Trinajstić information content (AvgIpc) is 3.32. The van der Waals surface area contributed by atoms with E-state index in [-0.39, 0.29) is 42.2 Å². The second-order valence-corrected chi connectivity index (χ2v) is 12.4. The van der Waals surface area contributed by atoms with Gasteiger partial charge in [-0.05, 0) is 36.1 Å². The van der Waals surface area contributed by atoms with Gasteiger partial charge < -0.3 is 21.2 Å². The number of benzene rings is 2. The van der Waals surface area contributed by atoms with Crippen LogP contribution in [0.4, 0.5) is 11.5 Å². The monoisotopic (exact) mass is 653 g/mol. The Bertz CT molecular complexity index is 1790. The fraction of sp³-hybridized carbons (Fsp3) is 0.364. The third-order valence-electron chi connectivity index (χ3n) is 9.06. The molecule has 4 aliphatic rings. The van der Waals surface area contributed by atoms with Crippen molar-refractivity contribution in [2.45, 2.75) is 44.0 Å². The fourth-order valence-corrected chi connectivity index (χ4v) is 6.58. The highest BCUT2D eigenvalue weighted by atomic mass is 16.3. The van der Waals surface area contributed by atoms with Crippen LogP contribution >= 0.6 is 0 Å². The summed E-state index contributed by atoms with van der Waals surface area (Å²) in [5, 5.41) is 20.7. The van der Waals surface area contributed by atoms with Gasteiger partial charge in [0, 0.05) is 51.8 Å². The minimum absolute atomic E-state index is 0.0335. The first-order chi connectivity index (χ1) is 23.2. The molecule has 4 aliphatic heterocycles. The Balaban J connectivity index is 0.891. The first-order valence-corrected chi connectivity index (χ1v) is 15.9. The zero-order chi connectivity index (χ0) is 33.4. The Morgan fingerprint density at radius 3 is 2.62 bits per heavy atom. The molecule has 15 nitrogen and oxygen atoms in total. The van der Waals surface area contributed by atoms with Crippen LogP contribution in [0.1, 0.15) is 55.2 Å². The van der Waals surface area contributed by atoms with Crippen molar-refractivity contribution in [3.8, 4) is 0 Å². The van der Waals surface area contributed by atoms with Crippen molar-refractivity contribution in [2.75, 3.05) is 43.5 Å². The molecule has 1 aromatic heterocycles. The quantitative estimate of drug-likeness (QED) is 0.187. The van der Waals surface area contributed by atoms with E-state index in [4.69, 9.17) is 0 Å². The summed E-state index contributed by atoms with van der Waals surface area (Å²) < 4.78 is 0. The van der Waals surface area contributed by atoms with Crippen LogP contribution in [0.15, 0.2) is 54.9 Å². The predicted octanol–water partition coefficient (Wildman–Crippen LogP) is 0.150. The number of aliphatic hydroxyl groups excluding tert-OH is 1. The molecule has 7 rings (SSSR count). The number of carbonyl (C=O) groups is 5. The van der Waals surface area contributed by atoms with Crippen molar-refractivity contribution in [3.05, 3.63) is 82.8 Å². The number of aromatic nitrogens is 2. The third-order valence-corrected chi connectivity index (χ3v) is 9.06. The molecule has 1 unspecified atom stereocenters. The molecular formula is C33H35N9O6. The summed E-state index contributed by atoms with van der Waals surface area (Å²) in [6.07, 6.45) is 1.64. The molecule has 5 heterocycles. The van der Waals surface area contributed by atoms with Gasteiger partial charge in [-0.25, -0.2) is 15.0 Å². The van der Waals surface area contributed by atoms with Crippen LogP contribution in [0.25, 0.3) is 0 Å². The Kier molecular flexibility index (Phi) is 8.56. The number of hydrogen-bond donors (Lipinski definition) is 5. The topological polar surface area (TPSA) is 189 Å². The number of aliphatic hydroxyl groups is 1.